The van der Waals surface area contributed by atoms with Gasteiger partial charge in [0, 0.05) is 62.2 Å². The summed E-state index contributed by atoms with van der Waals surface area (Å²) < 4.78 is 4.28. The van der Waals surface area contributed by atoms with Crippen molar-refractivity contribution in [1.29, 1.82) is 0 Å². The van der Waals surface area contributed by atoms with Gasteiger partial charge in [0.2, 0.25) is 0 Å². The van der Waals surface area contributed by atoms with E-state index in [9.17, 15) is 9.90 Å². The van der Waals surface area contributed by atoms with Crippen molar-refractivity contribution in [3.05, 3.63) is 126 Å². The average Bonchev–Trinajstić information content (AvgIpc) is 3.65. The molecule has 1 aliphatic rings. The molecule has 3 aromatic carbocycles. The van der Waals surface area contributed by atoms with Crippen LogP contribution in [0.4, 0.5) is 0 Å². The van der Waals surface area contributed by atoms with Crippen molar-refractivity contribution in [2.75, 3.05) is 32.7 Å². The minimum Gasteiger partial charge on any atom is -0.478 e. The van der Waals surface area contributed by atoms with Crippen LogP contribution in [0.5, 0.6) is 0 Å². The van der Waals surface area contributed by atoms with Crippen molar-refractivity contribution in [3.63, 3.8) is 0 Å². The maximum absolute atomic E-state index is 11.7. The third-order valence-corrected chi connectivity index (χ3v) is 8.25. The fraction of sp³-hybridized carbons (Fsp3) is 0.294. The van der Waals surface area contributed by atoms with E-state index in [1.807, 2.05) is 29.2 Å². The highest BCUT2D eigenvalue weighted by atomic mass is 16.4. The summed E-state index contributed by atoms with van der Waals surface area (Å²) in [5.41, 5.74) is 5.20. The van der Waals surface area contributed by atoms with Crippen molar-refractivity contribution < 1.29 is 9.90 Å². The normalized spacial score (nSPS) is 14.7. The van der Waals surface area contributed by atoms with Crippen molar-refractivity contribution in [2.45, 2.75) is 32.0 Å². The molecule has 0 aliphatic carbocycles. The summed E-state index contributed by atoms with van der Waals surface area (Å²) in [7, 11) is 0. The zero-order valence-electron chi connectivity index (χ0n) is 23.3. The van der Waals surface area contributed by atoms with Gasteiger partial charge in [0.05, 0.1) is 24.5 Å². The maximum Gasteiger partial charge on any atom is 0.335 e. The minimum absolute atomic E-state index is 0.286. The van der Waals surface area contributed by atoms with Gasteiger partial charge in [-0.3, -0.25) is 4.90 Å². The third-order valence-electron chi connectivity index (χ3n) is 8.25. The van der Waals surface area contributed by atoms with Crippen LogP contribution in [0.15, 0.2) is 104 Å². The third kappa shape index (κ3) is 6.26. The van der Waals surface area contributed by atoms with E-state index in [1.165, 1.54) is 16.7 Å². The molecule has 0 amide bonds. The molecule has 0 radical (unpaired) electrons. The van der Waals surface area contributed by atoms with E-state index >= 15 is 0 Å². The van der Waals surface area contributed by atoms with E-state index < -0.39 is 5.97 Å². The number of fused-ring (bicyclic) bond motifs is 1. The van der Waals surface area contributed by atoms with E-state index in [-0.39, 0.29) is 6.04 Å². The van der Waals surface area contributed by atoms with Crippen LogP contribution in [0.3, 0.4) is 0 Å². The number of piperazine rings is 1. The molecule has 7 nitrogen and oxygen atoms in total. The van der Waals surface area contributed by atoms with Crippen molar-refractivity contribution >= 4 is 16.9 Å². The Morgan fingerprint density at radius 2 is 1.54 bits per heavy atom. The van der Waals surface area contributed by atoms with Gasteiger partial charge in [0.1, 0.15) is 0 Å². The first-order valence-corrected chi connectivity index (χ1v) is 14.5. The van der Waals surface area contributed by atoms with Gasteiger partial charge in [0.25, 0.3) is 0 Å². The molecule has 5 aromatic rings. The standard InChI is InChI=1S/C34H37N5O2/c40-34(41)29-13-14-31-30(24-37-18-15-35-26-37)25-39(32(31)23-29)17-8-7-16-36-19-21-38(22-20-36)33(27-9-3-1-4-10-27)28-11-5-2-6-12-28/h1-6,9-15,18,23,25-26,33H,7-8,16-17,19-22,24H2,(H,40,41). The van der Waals surface area contributed by atoms with Crippen molar-refractivity contribution in [1.82, 2.24) is 23.9 Å². The van der Waals surface area contributed by atoms with Crippen LogP contribution in [0.2, 0.25) is 0 Å². The molecule has 2 aromatic heterocycles. The second kappa shape index (κ2) is 12.5. The summed E-state index contributed by atoms with van der Waals surface area (Å²) in [6.07, 6.45) is 9.89. The predicted octanol–water partition coefficient (Wildman–Crippen LogP) is 5.77. The van der Waals surface area contributed by atoms with Crippen LogP contribution in [0.1, 0.15) is 45.9 Å². The van der Waals surface area contributed by atoms with Crippen LogP contribution in [0, 0.1) is 0 Å². The van der Waals surface area contributed by atoms with E-state index in [1.54, 1.807) is 12.3 Å². The Bertz CT molecular complexity index is 1520. The molecule has 0 bridgehead atoms. The lowest BCUT2D eigenvalue weighted by Crippen LogP contribution is -2.48. The zero-order chi connectivity index (χ0) is 28.0. The van der Waals surface area contributed by atoms with Crippen LogP contribution in [0.25, 0.3) is 10.9 Å². The monoisotopic (exact) mass is 547 g/mol. The number of hydrogen-bond donors (Lipinski definition) is 1. The van der Waals surface area contributed by atoms with E-state index in [4.69, 9.17) is 0 Å². The van der Waals surface area contributed by atoms with Crippen LogP contribution < -0.4 is 0 Å². The van der Waals surface area contributed by atoms with Gasteiger partial charge >= 0.3 is 5.97 Å². The summed E-state index contributed by atoms with van der Waals surface area (Å²) in [4.78, 5) is 21.0. The summed E-state index contributed by atoms with van der Waals surface area (Å²) >= 11 is 0. The molecule has 0 unspecified atom stereocenters. The molecule has 1 saturated heterocycles. The van der Waals surface area contributed by atoms with Gasteiger partial charge in [-0.2, -0.15) is 0 Å². The van der Waals surface area contributed by atoms with Gasteiger partial charge in [-0.15, -0.1) is 0 Å². The molecule has 1 N–H and O–H groups in total. The molecular formula is C34H37N5O2. The Labute approximate surface area is 241 Å². The predicted molar refractivity (Wildman–Crippen MR) is 162 cm³/mol. The molecule has 0 spiro atoms. The summed E-state index contributed by atoms with van der Waals surface area (Å²) in [5.74, 6) is -0.892. The van der Waals surface area contributed by atoms with Crippen LogP contribution in [-0.2, 0) is 13.1 Å². The fourth-order valence-electron chi connectivity index (χ4n) is 6.14. The summed E-state index contributed by atoms with van der Waals surface area (Å²) in [6, 6.07) is 27.4. The number of carboxylic acid groups (broad SMARTS) is 1. The number of imidazole rings is 1. The molecule has 0 atom stereocenters. The smallest absolute Gasteiger partial charge is 0.335 e. The van der Waals surface area contributed by atoms with Gasteiger partial charge in [-0.25, -0.2) is 9.78 Å². The minimum atomic E-state index is -0.892. The highest BCUT2D eigenvalue weighted by Gasteiger charge is 2.26. The second-order valence-corrected chi connectivity index (χ2v) is 10.9. The van der Waals surface area contributed by atoms with E-state index in [0.29, 0.717) is 12.1 Å². The molecule has 1 aliphatic heterocycles. The lowest BCUT2D eigenvalue weighted by atomic mass is 9.96. The molecule has 0 saturated carbocycles. The molecule has 7 heteroatoms. The van der Waals surface area contributed by atoms with Crippen LogP contribution >= 0.6 is 0 Å². The maximum atomic E-state index is 11.7. The molecule has 41 heavy (non-hydrogen) atoms. The van der Waals surface area contributed by atoms with Gasteiger partial charge in [-0.1, -0.05) is 66.7 Å². The number of carbonyl (C=O) groups is 1. The quantitative estimate of drug-likeness (QED) is 0.213. The lowest BCUT2D eigenvalue weighted by Gasteiger charge is -2.40. The number of benzene rings is 3. The SMILES string of the molecule is O=C(O)c1ccc2c(Cn3ccnc3)cn(CCCCN3CCN(C(c4ccccc4)c4ccccc4)CC3)c2c1. The number of aromatic carboxylic acids is 1. The Hall–Kier alpha value is -4.20. The molecule has 1 fully saturated rings. The summed E-state index contributed by atoms with van der Waals surface area (Å²) in [6.45, 7) is 6.90. The summed E-state index contributed by atoms with van der Waals surface area (Å²) in [5, 5.41) is 10.7. The molecule has 6 rings (SSSR count). The Morgan fingerprint density at radius 1 is 0.854 bits per heavy atom. The molecule has 3 heterocycles. The van der Waals surface area contributed by atoms with Gasteiger partial charge in [0.15, 0.2) is 0 Å². The highest BCUT2D eigenvalue weighted by Crippen LogP contribution is 2.29. The number of aryl methyl sites for hydroxylation is 1. The van der Waals surface area contributed by atoms with E-state index in [2.05, 4.69) is 86.2 Å². The lowest BCUT2D eigenvalue weighted by molar-refractivity contribution is 0.0697. The van der Waals surface area contributed by atoms with Crippen molar-refractivity contribution in [3.8, 4) is 0 Å². The van der Waals surface area contributed by atoms with Crippen LogP contribution in [-0.4, -0.2) is 67.7 Å². The Morgan fingerprint density at radius 3 is 2.17 bits per heavy atom. The number of unbranched alkanes of at least 4 members (excludes halogenated alkanes) is 1. The first-order chi connectivity index (χ1) is 20.2. The number of carboxylic acids is 1. The first kappa shape index (κ1) is 27.0. The highest BCUT2D eigenvalue weighted by molar-refractivity contribution is 5.94. The number of aromatic nitrogens is 3. The second-order valence-electron chi connectivity index (χ2n) is 10.9. The number of rotatable bonds is 11. The molecular weight excluding hydrogens is 510 g/mol. The molecule has 210 valence electrons. The number of nitrogens with zero attached hydrogens (tertiary/aromatic N) is 5. The largest absolute Gasteiger partial charge is 0.478 e. The topological polar surface area (TPSA) is 66.5 Å². The van der Waals surface area contributed by atoms with Crippen molar-refractivity contribution in [2.24, 2.45) is 0 Å². The first-order valence-electron chi connectivity index (χ1n) is 14.5. The number of hydrogen-bond acceptors (Lipinski definition) is 4. The van der Waals surface area contributed by atoms with Gasteiger partial charge in [-0.05, 0) is 48.2 Å². The van der Waals surface area contributed by atoms with E-state index in [0.717, 1.165) is 63.0 Å². The Kier molecular flexibility index (Phi) is 8.26. The Balaban J connectivity index is 1.06. The average molecular weight is 548 g/mol. The van der Waals surface area contributed by atoms with Gasteiger partial charge < -0.3 is 19.1 Å². The fourth-order valence-corrected chi connectivity index (χ4v) is 6.14. The zero-order valence-corrected chi connectivity index (χ0v) is 23.3.